The normalized spacial score (nSPS) is 15.6. The molecule has 0 radical (unpaired) electrons. The average Bonchev–Trinajstić information content (AvgIpc) is 3.23. The van der Waals surface area contributed by atoms with Crippen LogP contribution in [0.4, 0.5) is 0 Å². The van der Waals surface area contributed by atoms with E-state index >= 15 is 0 Å². The fourth-order valence-corrected chi connectivity index (χ4v) is 3.49. The van der Waals surface area contributed by atoms with Gasteiger partial charge < -0.3 is 29.4 Å². The molecule has 0 spiro atoms. The molecule has 0 aliphatic carbocycles. The molecule has 1 unspecified atom stereocenters. The summed E-state index contributed by atoms with van der Waals surface area (Å²) in [7, 11) is 3.29. The van der Waals surface area contributed by atoms with Gasteiger partial charge in [-0.1, -0.05) is 11.2 Å². The van der Waals surface area contributed by atoms with E-state index in [0.29, 0.717) is 55.5 Å². The van der Waals surface area contributed by atoms with Crippen LogP contribution in [-0.4, -0.2) is 74.6 Å². The Morgan fingerprint density at radius 3 is 2.56 bits per heavy atom. The van der Waals surface area contributed by atoms with Gasteiger partial charge in [0, 0.05) is 26.2 Å². The van der Waals surface area contributed by atoms with Crippen LogP contribution in [-0.2, 0) is 11.3 Å². The van der Waals surface area contributed by atoms with E-state index in [1.165, 1.54) is 0 Å². The van der Waals surface area contributed by atoms with Crippen molar-refractivity contribution in [3.63, 3.8) is 0 Å². The number of halogens is 1. The number of ether oxygens (including phenoxy) is 3. The third-order valence-corrected chi connectivity index (χ3v) is 5.03. The van der Waals surface area contributed by atoms with Crippen molar-refractivity contribution in [2.24, 2.45) is 4.99 Å². The number of aryl methyl sites for hydroxylation is 1. The van der Waals surface area contributed by atoms with Crippen molar-refractivity contribution in [1.29, 1.82) is 0 Å². The van der Waals surface area contributed by atoms with Crippen LogP contribution in [0, 0.1) is 6.92 Å². The molecule has 1 fully saturated rings. The SMILES string of the molecule is CCNC(=NCc1nc(C)no1)NCC(c1ccc(OC)c(OC)c1)N1CCOCC1.I. The Kier molecular flexibility index (Phi) is 11.0. The summed E-state index contributed by atoms with van der Waals surface area (Å²) in [6.45, 7) is 8.68. The number of nitrogens with zero attached hydrogens (tertiary/aromatic N) is 4. The lowest BCUT2D eigenvalue weighted by molar-refractivity contribution is 0.0169. The zero-order valence-electron chi connectivity index (χ0n) is 19.1. The van der Waals surface area contributed by atoms with E-state index < -0.39 is 0 Å². The maximum atomic E-state index is 5.55. The second kappa shape index (κ2) is 13.4. The maximum Gasteiger partial charge on any atom is 0.248 e. The first-order valence-electron chi connectivity index (χ1n) is 10.5. The summed E-state index contributed by atoms with van der Waals surface area (Å²) in [4.78, 5) is 11.2. The molecule has 2 aromatic rings. The van der Waals surface area contributed by atoms with Gasteiger partial charge in [0.25, 0.3) is 0 Å². The van der Waals surface area contributed by atoms with Gasteiger partial charge in [-0.2, -0.15) is 4.98 Å². The zero-order chi connectivity index (χ0) is 22.1. The second-order valence-electron chi connectivity index (χ2n) is 7.09. The maximum absolute atomic E-state index is 5.55. The van der Waals surface area contributed by atoms with Crippen LogP contribution < -0.4 is 20.1 Å². The molecule has 11 heteroatoms. The van der Waals surface area contributed by atoms with Crippen molar-refractivity contribution >= 4 is 29.9 Å². The Bertz CT molecular complexity index is 857. The summed E-state index contributed by atoms with van der Waals surface area (Å²) in [5, 5.41) is 10.5. The number of nitrogens with one attached hydrogen (secondary N) is 2. The molecule has 1 aromatic heterocycles. The standard InChI is InChI=1S/C21H32N6O4.HI/c1-5-22-21(24-14-20-25-15(2)26-31-20)23-13-17(27-8-10-30-11-9-27)16-6-7-18(28-3)19(12-16)29-4;/h6-7,12,17H,5,8-11,13-14H2,1-4H3,(H2,22,23,24);1H. The van der Waals surface area contributed by atoms with Crippen molar-refractivity contribution in [3.8, 4) is 11.5 Å². The summed E-state index contributed by atoms with van der Waals surface area (Å²) < 4.78 is 21.6. The predicted molar refractivity (Wildman–Crippen MR) is 132 cm³/mol. The first kappa shape index (κ1) is 26.1. The zero-order valence-corrected chi connectivity index (χ0v) is 21.4. The third-order valence-electron chi connectivity index (χ3n) is 5.03. The summed E-state index contributed by atoms with van der Waals surface area (Å²) >= 11 is 0. The molecule has 0 bridgehead atoms. The highest BCUT2D eigenvalue weighted by Crippen LogP contribution is 2.32. The number of morpholine rings is 1. The number of rotatable bonds is 9. The van der Waals surface area contributed by atoms with Crippen LogP contribution in [0.2, 0.25) is 0 Å². The molecule has 1 aliphatic rings. The fraction of sp³-hybridized carbons (Fsp3) is 0.571. The van der Waals surface area contributed by atoms with Crippen molar-refractivity contribution < 1.29 is 18.7 Å². The van der Waals surface area contributed by atoms with E-state index in [4.69, 9.17) is 18.7 Å². The summed E-state index contributed by atoms with van der Waals surface area (Å²) in [6, 6.07) is 6.16. The molecular weight excluding hydrogens is 527 g/mol. The van der Waals surface area contributed by atoms with E-state index in [0.717, 1.165) is 25.2 Å². The van der Waals surface area contributed by atoms with Gasteiger partial charge in [-0.25, -0.2) is 4.99 Å². The molecule has 3 rings (SSSR count). The van der Waals surface area contributed by atoms with Gasteiger partial charge in [-0.3, -0.25) is 4.90 Å². The molecular formula is C21H33IN6O4. The van der Waals surface area contributed by atoms with E-state index in [2.05, 4.69) is 36.7 Å². The largest absolute Gasteiger partial charge is 0.493 e. The number of aromatic nitrogens is 2. The lowest BCUT2D eigenvalue weighted by Gasteiger charge is -2.35. The fourth-order valence-electron chi connectivity index (χ4n) is 3.49. The van der Waals surface area contributed by atoms with Gasteiger partial charge >= 0.3 is 0 Å². The van der Waals surface area contributed by atoms with Gasteiger partial charge in [0.15, 0.2) is 23.3 Å². The van der Waals surface area contributed by atoms with Crippen LogP contribution in [0.1, 0.15) is 30.2 Å². The summed E-state index contributed by atoms with van der Waals surface area (Å²) in [6.07, 6.45) is 0. The van der Waals surface area contributed by atoms with Crippen molar-refractivity contribution in [2.45, 2.75) is 26.4 Å². The molecule has 10 nitrogen and oxygen atoms in total. The molecule has 1 aromatic carbocycles. The Hall–Kier alpha value is -2.12. The van der Waals surface area contributed by atoms with Crippen LogP contribution in [0.3, 0.4) is 0 Å². The topological polar surface area (TPSA) is 106 Å². The van der Waals surface area contributed by atoms with Gasteiger partial charge in [0.2, 0.25) is 5.89 Å². The highest BCUT2D eigenvalue weighted by Gasteiger charge is 2.24. The highest BCUT2D eigenvalue weighted by molar-refractivity contribution is 14.0. The summed E-state index contributed by atoms with van der Waals surface area (Å²) in [5.41, 5.74) is 1.13. The lowest BCUT2D eigenvalue weighted by Crippen LogP contribution is -2.46. The van der Waals surface area contributed by atoms with Gasteiger partial charge in [-0.15, -0.1) is 24.0 Å². The molecule has 1 atom stereocenters. The molecule has 2 heterocycles. The number of hydrogen-bond donors (Lipinski definition) is 2. The smallest absolute Gasteiger partial charge is 0.248 e. The number of methoxy groups -OCH3 is 2. The monoisotopic (exact) mass is 560 g/mol. The Labute approximate surface area is 206 Å². The predicted octanol–water partition coefficient (Wildman–Crippen LogP) is 2.14. The van der Waals surface area contributed by atoms with E-state index in [9.17, 15) is 0 Å². The van der Waals surface area contributed by atoms with Gasteiger partial charge in [0.05, 0.1) is 33.5 Å². The van der Waals surface area contributed by atoms with Gasteiger partial charge in [0.1, 0.15) is 6.54 Å². The average molecular weight is 560 g/mol. The number of hydrogen-bond acceptors (Lipinski definition) is 8. The molecule has 0 saturated carbocycles. The molecule has 1 saturated heterocycles. The Morgan fingerprint density at radius 1 is 1.19 bits per heavy atom. The minimum atomic E-state index is 0. The highest BCUT2D eigenvalue weighted by atomic mass is 127. The minimum absolute atomic E-state index is 0. The van der Waals surface area contributed by atoms with Crippen LogP contribution in [0.25, 0.3) is 0 Å². The van der Waals surface area contributed by atoms with Gasteiger partial charge in [-0.05, 0) is 31.5 Å². The first-order valence-corrected chi connectivity index (χ1v) is 10.5. The molecule has 2 N–H and O–H groups in total. The molecule has 1 aliphatic heterocycles. The van der Waals surface area contributed by atoms with Crippen molar-refractivity contribution in [1.82, 2.24) is 25.7 Å². The van der Waals surface area contributed by atoms with Crippen LogP contribution in [0.15, 0.2) is 27.7 Å². The number of aliphatic imine (C=N–C) groups is 1. The minimum Gasteiger partial charge on any atom is -0.493 e. The lowest BCUT2D eigenvalue weighted by atomic mass is 10.0. The molecule has 0 amide bonds. The van der Waals surface area contributed by atoms with Crippen molar-refractivity contribution in [2.75, 3.05) is 53.6 Å². The van der Waals surface area contributed by atoms with Crippen LogP contribution in [0.5, 0.6) is 11.5 Å². The van der Waals surface area contributed by atoms with Crippen molar-refractivity contribution in [3.05, 3.63) is 35.5 Å². The molecule has 32 heavy (non-hydrogen) atoms. The Morgan fingerprint density at radius 2 is 1.94 bits per heavy atom. The third kappa shape index (κ3) is 7.20. The van der Waals surface area contributed by atoms with E-state index in [1.807, 2.05) is 19.1 Å². The quantitative estimate of drug-likeness (QED) is 0.271. The first-order chi connectivity index (χ1) is 15.1. The second-order valence-corrected chi connectivity index (χ2v) is 7.09. The van der Waals surface area contributed by atoms with E-state index in [-0.39, 0.29) is 30.0 Å². The number of guanidine groups is 1. The van der Waals surface area contributed by atoms with E-state index in [1.54, 1.807) is 21.1 Å². The molecule has 178 valence electrons. The van der Waals surface area contributed by atoms with Crippen LogP contribution >= 0.6 is 24.0 Å². The summed E-state index contributed by atoms with van der Waals surface area (Å²) in [5.74, 6) is 3.20. The Balaban J connectivity index is 0.00000363. The number of benzene rings is 1.